The second-order valence-corrected chi connectivity index (χ2v) is 11.1. The first-order valence-electron chi connectivity index (χ1n) is 13.6. The number of alkyl halides is 3. The number of halogens is 3. The summed E-state index contributed by atoms with van der Waals surface area (Å²) in [5, 5.41) is 20.6. The van der Waals surface area contributed by atoms with Crippen molar-refractivity contribution in [3.8, 4) is 17.0 Å². The third-order valence-corrected chi connectivity index (χ3v) is 8.34. The number of aromatic amines is 1. The average molecular weight is 582 g/mol. The van der Waals surface area contributed by atoms with Crippen LogP contribution in [0.5, 0.6) is 5.88 Å². The number of nitrogens with zero attached hydrogens (tertiary/aromatic N) is 4. The number of ether oxygens (including phenoxy) is 1. The van der Waals surface area contributed by atoms with E-state index in [2.05, 4.69) is 25.5 Å². The SMILES string of the molecule is Cc1[nH]nc2cc(-c3ccc([C@@H](Oc4cc(N5CCC6(CC5)CN[C@H](C(=O)O)C6)nc(N)n4)C(F)(F)F)cc3)ccc12. The predicted octanol–water partition coefficient (Wildman–Crippen LogP) is 4.63. The lowest BCUT2D eigenvalue weighted by Crippen LogP contribution is -2.41. The number of carbonyl (C=O) groups is 1. The molecule has 4 aromatic rings. The van der Waals surface area contributed by atoms with Gasteiger partial charge in [0.25, 0.3) is 0 Å². The zero-order valence-corrected chi connectivity index (χ0v) is 22.8. The molecule has 220 valence electrons. The molecule has 0 unspecified atom stereocenters. The molecular weight excluding hydrogens is 551 g/mol. The number of H-pyrrole nitrogens is 1. The van der Waals surface area contributed by atoms with Crippen molar-refractivity contribution < 1.29 is 27.8 Å². The van der Waals surface area contributed by atoms with Gasteiger partial charge in [-0.2, -0.15) is 28.2 Å². The molecule has 6 rings (SSSR count). The minimum Gasteiger partial charge on any atom is -0.480 e. The fraction of sp³-hybridized carbons (Fsp3) is 0.379. The Morgan fingerprint density at radius 2 is 1.83 bits per heavy atom. The molecular formula is C29H30F3N7O3. The maximum absolute atomic E-state index is 14.2. The summed E-state index contributed by atoms with van der Waals surface area (Å²) >= 11 is 0. The molecule has 0 aliphatic carbocycles. The standard InChI is InChI=1S/C29H30F3N7O3/c1-16-20-7-6-19(12-21(20)38-37-16)17-2-4-18(5-3-17)25(29(30,31)32)42-24-13-23(35-27(33)36-24)39-10-8-28(9-11-39)14-22(26(40)41)34-15-28/h2-7,12-13,22,25,34H,8-11,14-15H2,1H3,(H,37,38)(H,40,41)(H2,33,35,36)/t22-,25+/m0/s1. The van der Waals surface area contributed by atoms with Gasteiger partial charge in [0.15, 0.2) is 0 Å². The van der Waals surface area contributed by atoms with Crippen LogP contribution in [0, 0.1) is 12.3 Å². The van der Waals surface area contributed by atoms with Crippen LogP contribution in [0.3, 0.4) is 0 Å². The molecule has 0 saturated carbocycles. The number of nitrogen functional groups attached to an aromatic ring is 1. The lowest BCUT2D eigenvalue weighted by Gasteiger charge is -2.39. The fourth-order valence-electron chi connectivity index (χ4n) is 5.96. The van der Waals surface area contributed by atoms with Gasteiger partial charge in [-0.05, 0) is 48.8 Å². The molecule has 10 nitrogen and oxygen atoms in total. The van der Waals surface area contributed by atoms with E-state index in [9.17, 15) is 23.1 Å². The van der Waals surface area contributed by atoms with E-state index in [1.165, 1.54) is 18.2 Å². The molecule has 2 aromatic carbocycles. The first-order chi connectivity index (χ1) is 20.0. The number of nitrogens with two attached hydrogens (primary N) is 1. The van der Waals surface area contributed by atoms with Gasteiger partial charge in [-0.15, -0.1) is 0 Å². The minimum atomic E-state index is -4.72. The zero-order chi connectivity index (χ0) is 29.6. The van der Waals surface area contributed by atoms with Crippen molar-refractivity contribution >= 4 is 28.6 Å². The number of fused-ring (bicyclic) bond motifs is 1. The Bertz CT molecular complexity index is 1620. The summed E-state index contributed by atoms with van der Waals surface area (Å²) in [6.45, 7) is 3.64. The van der Waals surface area contributed by atoms with E-state index in [-0.39, 0.29) is 22.8 Å². The number of hydrogen-bond donors (Lipinski definition) is 4. The average Bonchev–Trinajstić information content (AvgIpc) is 3.55. The first-order valence-corrected chi connectivity index (χ1v) is 13.6. The van der Waals surface area contributed by atoms with E-state index in [0.717, 1.165) is 27.7 Å². The molecule has 0 amide bonds. The van der Waals surface area contributed by atoms with Crippen molar-refractivity contribution in [2.24, 2.45) is 5.41 Å². The molecule has 1 spiro atoms. The van der Waals surface area contributed by atoms with Crippen LogP contribution in [0.25, 0.3) is 22.0 Å². The number of piperidine rings is 1. The Morgan fingerprint density at radius 3 is 2.50 bits per heavy atom. The van der Waals surface area contributed by atoms with Crippen LogP contribution in [-0.2, 0) is 4.79 Å². The van der Waals surface area contributed by atoms with Crippen LogP contribution in [0.15, 0.2) is 48.5 Å². The molecule has 13 heteroatoms. The second kappa shape index (κ2) is 10.5. The number of nitrogens with one attached hydrogen (secondary N) is 2. The number of carboxylic acids is 1. The molecule has 2 aliphatic rings. The zero-order valence-electron chi connectivity index (χ0n) is 22.8. The Balaban J connectivity index is 1.19. The maximum Gasteiger partial charge on any atom is 0.429 e. The van der Waals surface area contributed by atoms with Gasteiger partial charge in [0, 0.05) is 42.3 Å². The number of aryl methyl sites for hydroxylation is 1. The highest BCUT2D eigenvalue weighted by Gasteiger charge is 2.45. The smallest absolute Gasteiger partial charge is 0.429 e. The lowest BCUT2D eigenvalue weighted by atomic mass is 9.76. The quantitative estimate of drug-likeness (QED) is 0.256. The summed E-state index contributed by atoms with van der Waals surface area (Å²) in [7, 11) is 0. The number of rotatable bonds is 6. The third-order valence-electron chi connectivity index (χ3n) is 8.34. The van der Waals surface area contributed by atoms with Crippen molar-refractivity contribution in [2.75, 3.05) is 30.3 Å². The van der Waals surface area contributed by atoms with Crippen molar-refractivity contribution in [2.45, 2.75) is 44.5 Å². The second-order valence-electron chi connectivity index (χ2n) is 11.1. The number of aliphatic carboxylic acids is 1. The van der Waals surface area contributed by atoms with Crippen LogP contribution >= 0.6 is 0 Å². The van der Waals surface area contributed by atoms with Gasteiger partial charge >= 0.3 is 12.1 Å². The van der Waals surface area contributed by atoms with Crippen molar-refractivity contribution in [1.82, 2.24) is 25.5 Å². The molecule has 4 heterocycles. The summed E-state index contributed by atoms with van der Waals surface area (Å²) in [6.07, 6.45) is -5.02. The van der Waals surface area contributed by atoms with Crippen LogP contribution in [-0.4, -0.2) is 63.1 Å². The van der Waals surface area contributed by atoms with E-state index < -0.39 is 24.3 Å². The molecule has 0 bridgehead atoms. The van der Waals surface area contributed by atoms with E-state index in [0.29, 0.717) is 44.7 Å². The van der Waals surface area contributed by atoms with Gasteiger partial charge in [-0.3, -0.25) is 9.89 Å². The summed E-state index contributed by atoms with van der Waals surface area (Å²) in [5.41, 5.74) is 8.96. The lowest BCUT2D eigenvalue weighted by molar-refractivity contribution is -0.198. The molecule has 2 atom stereocenters. The highest BCUT2D eigenvalue weighted by molar-refractivity contribution is 5.86. The topological polar surface area (TPSA) is 142 Å². The number of carboxylic acid groups (broad SMARTS) is 1. The highest BCUT2D eigenvalue weighted by Crippen LogP contribution is 2.41. The van der Waals surface area contributed by atoms with E-state index in [1.807, 2.05) is 30.0 Å². The molecule has 0 radical (unpaired) electrons. The molecule has 5 N–H and O–H groups in total. The van der Waals surface area contributed by atoms with Crippen LogP contribution in [0.1, 0.15) is 36.6 Å². The van der Waals surface area contributed by atoms with Crippen LogP contribution in [0.4, 0.5) is 24.9 Å². The van der Waals surface area contributed by atoms with Gasteiger partial charge in [0.2, 0.25) is 17.9 Å². The third kappa shape index (κ3) is 5.43. The van der Waals surface area contributed by atoms with Gasteiger partial charge in [-0.25, -0.2) is 0 Å². The summed E-state index contributed by atoms with van der Waals surface area (Å²) < 4.78 is 48.2. The van der Waals surface area contributed by atoms with E-state index in [4.69, 9.17) is 10.5 Å². The van der Waals surface area contributed by atoms with Crippen molar-refractivity contribution in [3.05, 3.63) is 59.8 Å². The summed E-state index contributed by atoms with van der Waals surface area (Å²) in [5.74, 6) is -0.971. The number of hydrogen-bond acceptors (Lipinski definition) is 8. The molecule has 2 aromatic heterocycles. The molecule has 2 aliphatic heterocycles. The van der Waals surface area contributed by atoms with E-state index >= 15 is 0 Å². The molecule has 2 saturated heterocycles. The first kappa shape index (κ1) is 27.8. The monoisotopic (exact) mass is 581 g/mol. The molecule has 2 fully saturated rings. The van der Waals surface area contributed by atoms with Crippen molar-refractivity contribution in [1.29, 1.82) is 0 Å². The van der Waals surface area contributed by atoms with Crippen LogP contribution < -0.4 is 20.7 Å². The van der Waals surface area contributed by atoms with Gasteiger partial charge in [0.1, 0.15) is 11.9 Å². The van der Waals surface area contributed by atoms with Gasteiger partial charge in [-0.1, -0.05) is 36.4 Å². The Kier molecular flexibility index (Phi) is 6.92. The van der Waals surface area contributed by atoms with E-state index in [1.54, 1.807) is 12.1 Å². The maximum atomic E-state index is 14.2. The van der Waals surface area contributed by atoms with Gasteiger partial charge in [0.05, 0.1) is 5.52 Å². The number of anilines is 2. The summed E-state index contributed by atoms with van der Waals surface area (Å²) in [4.78, 5) is 21.5. The predicted molar refractivity (Wildman–Crippen MR) is 150 cm³/mol. The summed E-state index contributed by atoms with van der Waals surface area (Å²) in [6, 6.07) is 12.5. The Hall–Kier alpha value is -4.39. The largest absolute Gasteiger partial charge is 0.480 e. The highest BCUT2D eigenvalue weighted by atomic mass is 19.4. The number of aromatic nitrogens is 4. The van der Waals surface area contributed by atoms with Gasteiger partial charge < -0.3 is 25.8 Å². The molecule has 42 heavy (non-hydrogen) atoms. The minimum absolute atomic E-state index is 0.0803. The Morgan fingerprint density at radius 1 is 1.12 bits per heavy atom. The number of benzene rings is 2. The normalized spacial score (nSPS) is 19.3. The van der Waals surface area contributed by atoms with Crippen LogP contribution in [0.2, 0.25) is 0 Å². The van der Waals surface area contributed by atoms with Crippen molar-refractivity contribution in [3.63, 3.8) is 0 Å². The fourth-order valence-corrected chi connectivity index (χ4v) is 5.96. The Labute approximate surface area is 239 Å².